The molecule has 1 aromatic carbocycles. The van der Waals surface area contributed by atoms with Gasteiger partial charge >= 0.3 is 0 Å². The first-order valence-electron chi connectivity index (χ1n) is 6.49. The highest BCUT2D eigenvalue weighted by Gasteiger charge is 2.16. The summed E-state index contributed by atoms with van der Waals surface area (Å²) in [5.74, 6) is 2.22. The molecule has 96 valence electrons. The molecule has 0 aliphatic rings. The Morgan fingerprint density at radius 2 is 1.94 bits per heavy atom. The van der Waals surface area contributed by atoms with Gasteiger partial charge in [0.25, 0.3) is 0 Å². The molecule has 0 radical (unpaired) electrons. The van der Waals surface area contributed by atoms with Crippen molar-refractivity contribution in [3.8, 4) is 0 Å². The van der Waals surface area contributed by atoms with Gasteiger partial charge < -0.3 is 10.3 Å². The number of hydrogen-bond donors (Lipinski definition) is 1. The third kappa shape index (κ3) is 2.40. The Bertz CT molecular complexity index is 514. The van der Waals surface area contributed by atoms with E-state index in [-0.39, 0.29) is 0 Å². The van der Waals surface area contributed by atoms with Gasteiger partial charge in [-0.05, 0) is 18.9 Å². The first-order chi connectivity index (χ1) is 8.63. The highest BCUT2D eigenvalue weighted by Crippen LogP contribution is 2.25. The van der Waals surface area contributed by atoms with Gasteiger partial charge in [0.2, 0.25) is 0 Å². The standard InChI is InChI=1S/C15H21N3/c1-4-11(2)14-15(16)18(12(3)17-14)10-13-8-6-5-7-9-13/h5-9,11H,4,10,16H2,1-3H3. The zero-order valence-electron chi connectivity index (χ0n) is 11.4. The Hall–Kier alpha value is -1.77. The molecule has 0 fully saturated rings. The number of nitrogen functional groups attached to an aromatic ring is 1. The molecule has 0 aliphatic heterocycles. The molecular formula is C15H21N3. The van der Waals surface area contributed by atoms with Crippen molar-refractivity contribution < 1.29 is 0 Å². The van der Waals surface area contributed by atoms with Crippen LogP contribution >= 0.6 is 0 Å². The van der Waals surface area contributed by atoms with Gasteiger partial charge in [0.15, 0.2) is 0 Å². The smallest absolute Gasteiger partial charge is 0.127 e. The second-order valence-corrected chi connectivity index (χ2v) is 4.81. The summed E-state index contributed by atoms with van der Waals surface area (Å²) in [6.45, 7) is 7.15. The van der Waals surface area contributed by atoms with E-state index >= 15 is 0 Å². The highest BCUT2D eigenvalue weighted by molar-refractivity contribution is 5.41. The zero-order chi connectivity index (χ0) is 13.1. The van der Waals surface area contributed by atoms with Crippen LogP contribution in [0.1, 0.15) is 43.3 Å². The molecule has 0 bridgehead atoms. The first kappa shape index (κ1) is 12.7. The van der Waals surface area contributed by atoms with E-state index in [9.17, 15) is 0 Å². The van der Waals surface area contributed by atoms with Crippen LogP contribution in [0.2, 0.25) is 0 Å². The van der Waals surface area contributed by atoms with Crippen LogP contribution in [0.25, 0.3) is 0 Å². The maximum atomic E-state index is 6.23. The summed E-state index contributed by atoms with van der Waals surface area (Å²) in [7, 11) is 0. The lowest BCUT2D eigenvalue weighted by molar-refractivity contribution is 0.713. The monoisotopic (exact) mass is 243 g/mol. The van der Waals surface area contributed by atoms with E-state index in [1.807, 2.05) is 25.1 Å². The molecule has 2 rings (SSSR count). The molecular weight excluding hydrogens is 222 g/mol. The lowest BCUT2D eigenvalue weighted by Gasteiger charge is -2.09. The number of nitrogens with zero attached hydrogens (tertiary/aromatic N) is 2. The van der Waals surface area contributed by atoms with Crippen molar-refractivity contribution in [2.45, 2.75) is 39.7 Å². The Morgan fingerprint density at radius 3 is 2.56 bits per heavy atom. The first-order valence-corrected chi connectivity index (χ1v) is 6.49. The number of rotatable bonds is 4. The number of hydrogen-bond acceptors (Lipinski definition) is 2. The number of anilines is 1. The summed E-state index contributed by atoms with van der Waals surface area (Å²) in [6, 6.07) is 10.3. The molecule has 2 N–H and O–H groups in total. The minimum absolute atomic E-state index is 0.417. The van der Waals surface area contributed by atoms with Crippen LogP contribution in [0.3, 0.4) is 0 Å². The fourth-order valence-electron chi connectivity index (χ4n) is 2.13. The largest absolute Gasteiger partial charge is 0.384 e. The van der Waals surface area contributed by atoms with Gasteiger partial charge in [0.1, 0.15) is 11.6 Å². The minimum atomic E-state index is 0.417. The van der Waals surface area contributed by atoms with E-state index in [1.54, 1.807) is 0 Å². The van der Waals surface area contributed by atoms with Crippen LogP contribution in [0, 0.1) is 6.92 Å². The number of aryl methyl sites for hydroxylation is 1. The second-order valence-electron chi connectivity index (χ2n) is 4.81. The van der Waals surface area contributed by atoms with Crippen LogP contribution in [-0.2, 0) is 6.54 Å². The van der Waals surface area contributed by atoms with E-state index in [2.05, 4.69) is 35.5 Å². The predicted octanol–water partition coefficient (Wildman–Crippen LogP) is 3.34. The van der Waals surface area contributed by atoms with Crippen molar-refractivity contribution in [2.75, 3.05) is 5.73 Å². The van der Waals surface area contributed by atoms with E-state index in [0.717, 1.165) is 30.3 Å². The maximum absolute atomic E-state index is 6.23. The molecule has 3 nitrogen and oxygen atoms in total. The van der Waals surface area contributed by atoms with Crippen LogP contribution in [0.15, 0.2) is 30.3 Å². The molecule has 0 aliphatic carbocycles. The van der Waals surface area contributed by atoms with Crippen LogP contribution in [0.4, 0.5) is 5.82 Å². The summed E-state index contributed by atoms with van der Waals surface area (Å²) in [6.07, 6.45) is 1.06. The van der Waals surface area contributed by atoms with Gasteiger partial charge in [-0.15, -0.1) is 0 Å². The van der Waals surface area contributed by atoms with Crippen LogP contribution in [-0.4, -0.2) is 9.55 Å². The molecule has 3 heteroatoms. The van der Waals surface area contributed by atoms with Crippen molar-refractivity contribution in [1.29, 1.82) is 0 Å². The Kier molecular flexibility index (Phi) is 3.70. The predicted molar refractivity (Wildman–Crippen MR) is 75.6 cm³/mol. The molecule has 2 aromatic rings. The normalized spacial score (nSPS) is 12.6. The Morgan fingerprint density at radius 1 is 1.28 bits per heavy atom. The SMILES string of the molecule is CCC(C)c1nc(C)n(Cc2ccccc2)c1N. The summed E-state index contributed by atoms with van der Waals surface area (Å²) in [5, 5.41) is 0. The highest BCUT2D eigenvalue weighted by atomic mass is 15.1. The summed E-state index contributed by atoms with van der Waals surface area (Å²) >= 11 is 0. The van der Waals surface area contributed by atoms with Gasteiger partial charge in [0.05, 0.1) is 12.2 Å². The molecule has 1 unspecified atom stereocenters. The fraction of sp³-hybridized carbons (Fsp3) is 0.400. The lowest BCUT2D eigenvalue weighted by Crippen LogP contribution is -2.07. The second kappa shape index (κ2) is 5.25. The molecule has 18 heavy (non-hydrogen) atoms. The van der Waals surface area contributed by atoms with E-state index in [0.29, 0.717) is 5.92 Å². The Labute approximate surface area is 109 Å². The van der Waals surface area contributed by atoms with Gasteiger partial charge in [-0.3, -0.25) is 0 Å². The third-order valence-corrected chi connectivity index (χ3v) is 3.49. The molecule has 1 heterocycles. The average Bonchev–Trinajstić information content (AvgIpc) is 2.67. The number of aromatic nitrogens is 2. The quantitative estimate of drug-likeness (QED) is 0.895. The van der Waals surface area contributed by atoms with Crippen LogP contribution < -0.4 is 5.73 Å². The average molecular weight is 243 g/mol. The Balaban J connectivity index is 2.31. The molecule has 0 amide bonds. The van der Waals surface area contributed by atoms with Crippen molar-refractivity contribution in [2.24, 2.45) is 0 Å². The van der Waals surface area contributed by atoms with E-state index in [4.69, 9.17) is 5.73 Å². The maximum Gasteiger partial charge on any atom is 0.127 e. The minimum Gasteiger partial charge on any atom is -0.384 e. The zero-order valence-corrected chi connectivity index (χ0v) is 11.4. The number of nitrogens with two attached hydrogens (primary N) is 1. The van der Waals surface area contributed by atoms with E-state index < -0.39 is 0 Å². The topological polar surface area (TPSA) is 43.8 Å². The fourth-order valence-corrected chi connectivity index (χ4v) is 2.13. The number of imidazole rings is 1. The summed E-state index contributed by atoms with van der Waals surface area (Å²) in [5.41, 5.74) is 8.51. The van der Waals surface area contributed by atoms with Gasteiger partial charge in [-0.25, -0.2) is 4.98 Å². The van der Waals surface area contributed by atoms with Crippen molar-refractivity contribution >= 4 is 5.82 Å². The molecule has 0 saturated heterocycles. The lowest BCUT2D eigenvalue weighted by atomic mass is 10.1. The van der Waals surface area contributed by atoms with Gasteiger partial charge in [-0.1, -0.05) is 44.2 Å². The third-order valence-electron chi connectivity index (χ3n) is 3.49. The van der Waals surface area contributed by atoms with E-state index in [1.165, 1.54) is 5.56 Å². The van der Waals surface area contributed by atoms with Crippen molar-refractivity contribution in [3.05, 3.63) is 47.4 Å². The molecule has 1 aromatic heterocycles. The molecule has 0 spiro atoms. The summed E-state index contributed by atoms with van der Waals surface area (Å²) in [4.78, 5) is 4.62. The van der Waals surface area contributed by atoms with Crippen molar-refractivity contribution in [1.82, 2.24) is 9.55 Å². The number of benzene rings is 1. The van der Waals surface area contributed by atoms with Crippen molar-refractivity contribution in [3.63, 3.8) is 0 Å². The molecule has 1 atom stereocenters. The molecule has 0 saturated carbocycles. The van der Waals surface area contributed by atoms with Gasteiger partial charge in [0, 0.05) is 5.92 Å². The van der Waals surface area contributed by atoms with Gasteiger partial charge in [-0.2, -0.15) is 0 Å². The van der Waals surface area contributed by atoms with Crippen LogP contribution in [0.5, 0.6) is 0 Å². The summed E-state index contributed by atoms with van der Waals surface area (Å²) < 4.78 is 2.09.